The van der Waals surface area contributed by atoms with Gasteiger partial charge in [-0.15, -0.1) is 11.3 Å². The number of fused-ring (bicyclic) bond motifs is 1. The van der Waals surface area contributed by atoms with Crippen LogP contribution in [0.15, 0.2) is 40.7 Å². The molecule has 10 heteroatoms. The van der Waals surface area contributed by atoms with Crippen LogP contribution in [0, 0.1) is 24.0 Å². The highest BCUT2D eigenvalue weighted by atomic mass is 32.1. The maximum Gasteiger partial charge on any atom is 0.201 e. The number of nitrogens with two attached hydrogens (primary N) is 1. The molecule has 4 rings (SSSR count). The number of benzene rings is 1. The van der Waals surface area contributed by atoms with E-state index in [-0.39, 0.29) is 17.6 Å². The van der Waals surface area contributed by atoms with Gasteiger partial charge in [0.1, 0.15) is 5.84 Å². The topological polar surface area (TPSA) is 116 Å². The molecule has 0 fully saturated rings. The van der Waals surface area contributed by atoms with Crippen molar-refractivity contribution in [3.05, 3.63) is 53.0 Å². The first-order valence-electron chi connectivity index (χ1n) is 8.55. The van der Waals surface area contributed by atoms with Gasteiger partial charge in [0.25, 0.3) is 0 Å². The van der Waals surface area contributed by atoms with Gasteiger partial charge in [0.05, 0.1) is 22.5 Å². The molecule has 0 radical (unpaired) electrons. The summed E-state index contributed by atoms with van der Waals surface area (Å²) < 4.78 is 33.9. The Kier molecular flexibility index (Phi) is 4.85. The summed E-state index contributed by atoms with van der Waals surface area (Å²) in [5, 5.41) is 16.9. The van der Waals surface area contributed by atoms with E-state index >= 15 is 0 Å². The zero-order valence-electron chi connectivity index (χ0n) is 15.2. The van der Waals surface area contributed by atoms with E-state index in [2.05, 4.69) is 20.2 Å². The Morgan fingerprint density at radius 3 is 2.93 bits per heavy atom. The maximum absolute atomic E-state index is 14.6. The molecule has 3 aromatic heterocycles. The summed E-state index contributed by atoms with van der Waals surface area (Å²) in [5.41, 5.74) is 7.63. The standard InChI is InChI=1S/C19H16F2N6OS/c1-9-5-10-12(24-9)6-11(20)19(18(10)21)28-16(23)8-15(22)25-17-7-13(26-27-17)14-3-2-4-29-14/h2-7,23-24H,8H2,1H3,(H3,22,25,26,27). The molecule has 0 aliphatic heterocycles. The second-order valence-electron chi connectivity index (χ2n) is 6.34. The van der Waals surface area contributed by atoms with Crippen molar-refractivity contribution >= 4 is 39.8 Å². The molecule has 0 aliphatic rings. The molecule has 4 aromatic rings. The minimum Gasteiger partial charge on any atom is -0.437 e. The zero-order valence-corrected chi connectivity index (χ0v) is 16.0. The van der Waals surface area contributed by atoms with E-state index in [1.807, 2.05) is 17.5 Å². The second kappa shape index (κ2) is 7.47. The average Bonchev–Trinajstić information content (AvgIpc) is 3.38. The lowest BCUT2D eigenvalue weighted by Crippen LogP contribution is -2.20. The first kappa shape index (κ1) is 18.8. The smallest absolute Gasteiger partial charge is 0.201 e. The fourth-order valence-electron chi connectivity index (χ4n) is 2.86. The Hall–Kier alpha value is -3.53. The zero-order chi connectivity index (χ0) is 20.5. The van der Waals surface area contributed by atoms with Gasteiger partial charge in [0.2, 0.25) is 5.75 Å². The van der Waals surface area contributed by atoms with Crippen LogP contribution in [0.3, 0.4) is 0 Å². The van der Waals surface area contributed by atoms with Gasteiger partial charge in [0, 0.05) is 23.2 Å². The van der Waals surface area contributed by atoms with E-state index in [9.17, 15) is 8.78 Å². The number of halogens is 2. The number of rotatable bonds is 5. The molecule has 0 atom stereocenters. The molecule has 0 saturated carbocycles. The molecule has 7 nitrogen and oxygen atoms in total. The highest BCUT2D eigenvalue weighted by Gasteiger charge is 2.19. The molecule has 148 valence electrons. The minimum atomic E-state index is -0.912. The second-order valence-corrected chi connectivity index (χ2v) is 7.29. The lowest BCUT2D eigenvalue weighted by Gasteiger charge is -2.09. The van der Waals surface area contributed by atoms with Gasteiger partial charge >= 0.3 is 0 Å². The number of aryl methyl sites for hydroxylation is 1. The van der Waals surface area contributed by atoms with Crippen molar-refractivity contribution in [2.75, 3.05) is 0 Å². The quantitative estimate of drug-likeness (QED) is 0.281. The number of hydrogen-bond donors (Lipinski definition) is 4. The van der Waals surface area contributed by atoms with Gasteiger partial charge in [-0.2, -0.15) is 5.10 Å². The average molecular weight is 414 g/mol. The summed E-state index contributed by atoms with van der Waals surface area (Å²) in [7, 11) is 0. The van der Waals surface area contributed by atoms with Gasteiger partial charge < -0.3 is 15.5 Å². The van der Waals surface area contributed by atoms with Crippen LogP contribution in [-0.4, -0.2) is 26.9 Å². The molecule has 29 heavy (non-hydrogen) atoms. The van der Waals surface area contributed by atoms with Crippen molar-refractivity contribution < 1.29 is 13.5 Å². The fraction of sp³-hybridized carbons (Fsp3) is 0.105. The van der Waals surface area contributed by atoms with Crippen molar-refractivity contribution in [3.63, 3.8) is 0 Å². The molecular weight excluding hydrogens is 398 g/mol. The lowest BCUT2D eigenvalue weighted by atomic mass is 10.2. The Labute approximate surface area is 167 Å². The highest BCUT2D eigenvalue weighted by Crippen LogP contribution is 2.30. The summed E-state index contributed by atoms with van der Waals surface area (Å²) in [5.74, 6) is -2.51. The van der Waals surface area contributed by atoms with E-state index in [1.54, 1.807) is 30.4 Å². The van der Waals surface area contributed by atoms with E-state index < -0.39 is 23.3 Å². The van der Waals surface area contributed by atoms with E-state index in [0.717, 1.165) is 16.6 Å². The molecule has 3 heterocycles. The summed E-state index contributed by atoms with van der Waals surface area (Å²) in [6, 6.07) is 8.23. The van der Waals surface area contributed by atoms with Crippen LogP contribution in [0.5, 0.6) is 5.75 Å². The summed E-state index contributed by atoms with van der Waals surface area (Å²) in [6.45, 7) is 1.73. The SMILES string of the molecule is Cc1cc2c(F)c(OC(=N)CC(N)=Nc3cc(-c4cccs4)[nH]n3)c(F)cc2[nH]1. The van der Waals surface area contributed by atoms with Crippen molar-refractivity contribution in [3.8, 4) is 16.3 Å². The normalized spacial score (nSPS) is 11.9. The molecule has 0 spiro atoms. The molecule has 0 saturated heterocycles. The Morgan fingerprint density at radius 2 is 2.17 bits per heavy atom. The van der Waals surface area contributed by atoms with Gasteiger partial charge in [-0.1, -0.05) is 6.07 Å². The monoisotopic (exact) mass is 414 g/mol. The number of hydrogen-bond acceptors (Lipinski definition) is 5. The van der Waals surface area contributed by atoms with E-state index in [4.69, 9.17) is 15.9 Å². The molecule has 1 aromatic carbocycles. The molecule has 0 bridgehead atoms. The van der Waals surface area contributed by atoms with Gasteiger partial charge in [-0.05, 0) is 24.4 Å². The van der Waals surface area contributed by atoms with Gasteiger partial charge in [-0.25, -0.2) is 13.8 Å². The van der Waals surface area contributed by atoms with Crippen LogP contribution in [0.25, 0.3) is 21.5 Å². The van der Waals surface area contributed by atoms with Crippen LogP contribution < -0.4 is 10.5 Å². The third-order valence-corrected chi connectivity index (χ3v) is 4.99. The van der Waals surface area contributed by atoms with Crippen LogP contribution >= 0.6 is 11.3 Å². The molecule has 0 amide bonds. The Bertz CT molecular complexity index is 1230. The number of aromatic nitrogens is 3. The number of thiophene rings is 1. The largest absolute Gasteiger partial charge is 0.437 e. The van der Waals surface area contributed by atoms with Crippen molar-refractivity contribution in [2.45, 2.75) is 13.3 Å². The van der Waals surface area contributed by atoms with Crippen LogP contribution in [-0.2, 0) is 0 Å². The van der Waals surface area contributed by atoms with Crippen molar-refractivity contribution in [2.24, 2.45) is 10.7 Å². The maximum atomic E-state index is 14.6. The Balaban J connectivity index is 1.48. The number of nitrogens with one attached hydrogen (secondary N) is 3. The molecule has 0 aliphatic carbocycles. The van der Waals surface area contributed by atoms with Gasteiger partial charge in [-0.3, -0.25) is 10.5 Å². The first-order chi connectivity index (χ1) is 13.9. The predicted octanol–water partition coefficient (Wildman–Crippen LogP) is 4.64. The summed E-state index contributed by atoms with van der Waals surface area (Å²) >= 11 is 1.55. The summed E-state index contributed by atoms with van der Waals surface area (Å²) in [4.78, 5) is 7.96. The lowest BCUT2D eigenvalue weighted by molar-refractivity contribution is 0.445. The number of aromatic amines is 2. The number of H-pyrrole nitrogens is 2. The molecule has 5 N–H and O–H groups in total. The van der Waals surface area contributed by atoms with E-state index in [1.165, 1.54) is 0 Å². The van der Waals surface area contributed by atoms with Crippen LogP contribution in [0.4, 0.5) is 14.6 Å². The van der Waals surface area contributed by atoms with E-state index in [0.29, 0.717) is 17.0 Å². The molecular formula is C19H16F2N6OS. The number of nitrogens with zero attached hydrogens (tertiary/aromatic N) is 2. The number of ether oxygens (including phenoxy) is 1. The number of amidine groups is 1. The highest BCUT2D eigenvalue weighted by molar-refractivity contribution is 7.13. The van der Waals surface area contributed by atoms with Crippen LogP contribution in [0.2, 0.25) is 0 Å². The fourth-order valence-corrected chi connectivity index (χ4v) is 3.55. The van der Waals surface area contributed by atoms with Gasteiger partial charge in [0.15, 0.2) is 23.4 Å². The van der Waals surface area contributed by atoms with Crippen molar-refractivity contribution in [1.82, 2.24) is 15.2 Å². The third kappa shape index (κ3) is 3.87. The first-order valence-corrected chi connectivity index (χ1v) is 9.43. The molecule has 0 unspecified atom stereocenters. The summed E-state index contributed by atoms with van der Waals surface area (Å²) in [6.07, 6.45) is -0.232. The number of aliphatic imine (C=N–C) groups is 1. The van der Waals surface area contributed by atoms with Crippen molar-refractivity contribution in [1.29, 1.82) is 5.41 Å². The van der Waals surface area contributed by atoms with Crippen LogP contribution in [0.1, 0.15) is 12.1 Å². The minimum absolute atomic E-state index is 0.0265. The Morgan fingerprint density at radius 1 is 1.34 bits per heavy atom. The third-order valence-electron chi connectivity index (χ3n) is 4.08. The predicted molar refractivity (Wildman–Crippen MR) is 109 cm³/mol.